The summed E-state index contributed by atoms with van der Waals surface area (Å²) in [5.74, 6) is 0.733. The number of carbonyl (C=O) groups excluding carboxylic acids is 1. The van der Waals surface area contributed by atoms with Gasteiger partial charge in [0.05, 0.1) is 18.7 Å². The van der Waals surface area contributed by atoms with Gasteiger partial charge in [0.25, 0.3) is 0 Å². The van der Waals surface area contributed by atoms with Crippen LogP contribution in [0.2, 0.25) is 0 Å². The van der Waals surface area contributed by atoms with Crippen molar-refractivity contribution in [3.05, 3.63) is 90.0 Å². The molecule has 1 atom stereocenters. The van der Waals surface area contributed by atoms with Crippen LogP contribution in [0.25, 0.3) is 0 Å². The third-order valence-corrected chi connectivity index (χ3v) is 4.70. The minimum atomic E-state index is -0.201. The monoisotopic (exact) mass is 329 g/mol. The maximum atomic E-state index is 13.3. The van der Waals surface area contributed by atoms with Crippen LogP contribution in [0.3, 0.4) is 0 Å². The van der Waals surface area contributed by atoms with E-state index in [1.54, 1.807) is 7.11 Å². The Balaban J connectivity index is 1.76. The predicted octanol–water partition coefficient (Wildman–Crippen LogP) is 4.70. The fraction of sp³-hybridized carbons (Fsp3) is 0.136. The number of methoxy groups -OCH3 is 1. The standard InChI is InChI=1S/C22H19NO2/c1-25-21-14-8-5-9-16(21)15-19-18-12-6-7-13-20(18)23(22(19)24)17-10-3-2-4-11-17/h2-14,19H,15H2,1H3/t19-/m1/s1. The lowest BCUT2D eigenvalue weighted by atomic mass is 9.93. The number of ether oxygens (including phenoxy) is 1. The molecule has 0 bridgehead atoms. The Hall–Kier alpha value is -3.07. The smallest absolute Gasteiger partial charge is 0.239 e. The van der Waals surface area contributed by atoms with Crippen LogP contribution in [0.1, 0.15) is 17.0 Å². The van der Waals surface area contributed by atoms with E-state index in [1.165, 1.54) is 0 Å². The summed E-state index contributed by atoms with van der Waals surface area (Å²) in [6, 6.07) is 25.8. The minimum Gasteiger partial charge on any atom is -0.496 e. The van der Waals surface area contributed by atoms with Gasteiger partial charge in [0.1, 0.15) is 5.75 Å². The van der Waals surface area contributed by atoms with Gasteiger partial charge in [-0.25, -0.2) is 0 Å². The molecule has 1 aliphatic heterocycles. The lowest BCUT2D eigenvalue weighted by molar-refractivity contribution is -0.118. The van der Waals surface area contributed by atoms with Crippen LogP contribution in [0.5, 0.6) is 5.75 Å². The zero-order chi connectivity index (χ0) is 17.2. The highest BCUT2D eigenvalue weighted by Crippen LogP contribution is 2.43. The second-order valence-corrected chi connectivity index (χ2v) is 6.14. The third kappa shape index (κ3) is 2.68. The van der Waals surface area contributed by atoms with Crippen LogP contribution in [0, 0.1) is 0 Å². The molecular formula is C22H19NO2. The number of amides is 1. The van der Waals surface area contributed by atoms with E-state index in [1.807, 2.05) is 77.7 Å². The molecule has 3 heteroatoms. The van der Waals surface area contributed by atoms with Crippen molar-refractivity contribution < 1.29 is 9.53 Å². The van der Waals surface area contributed by atoms with Gasteiger partial charge in [-0.1, -0.05) is 54.6 Å². The van der Waals surface area contributed by atoms with Gasteiger partial charge in [-0.05, 0) is 41.8 Å². The van der Waals surface area contributed by atoms with E-state index in [-0.39, 0.29) is 11.8 Å². The summed E-state index contributed by atoms with van der Waals surface area (Å²) in [7, 11) is 1.67. The quantitative estimate of drug-likeness (QED) is 0.694. The van der Waals surface area contributed by atoms with Crippen LogP contribution in [0.4, 0.5) is 11.4 Å². The number of hydrogen-bond donors (Lipinski definition) is 0. The van der Waals surface area contributed by atoms with E-state index in [0.717, 1.165) is 28.3 Å². The average Bonchev–Trinajstić information content (AvgIpc) is 2.95. The summed E-state index contributed by atoms with van der Waals surface area (Å²) in [6.45, 7) is 0. The molecule has 0 N–H and O–H groups in total. The van der Waals surface area contributed by atoms with Gasteiger partial charge in [0.2, 0.25) is 5.91 Å². The van der Waals surface area contributed by atoms with Crippen LogP contribution in [-0.4, -0.2) is 13.0 Å². The third-order valence-electron chi connectivity index (χ3n) is 4.70. The molecule has 0 spiro atoms. The molecule has 0 aromatic heterocycles. The number of benzene rings is 3. The van der Waals surface area contributed by atoms with E-state index in [4.69, 9.17) is 4.74 Å². The molecule has 3 aromatic carbocycles. The number of hydrogen-bond acceptors (Lipinski definition) is 2. The van der Waals surface area contributed by atoms with E-state index < -0.39 is 0 Å². The maximum absolute atomic E-state index is 13.3. The molecule has 1 amide bonds. The molecule has 0 saturated carbocycles. The molecule has 0 radical (unpaired) electrons. The minimum absolute atomic E-state index is 0.110. The summed E-state index contributed by atoms with van der Waals surface area (Å²) < 4.78 is 5.47. The summed E-state index contributed by atoms with van der Waals surface area (Å²) in [5, 5.41) is 0. The van der Waals surface area contributed by atoms with Crippen molar-refractivity contribution in [2.75, 3.05) is 12.0 Å². The molecular weight excluding hydrogens is 310 g/mol. The van der Waals surface area contributed by atoms with Crippen molar-refractivity contribution in [1.82, 2.24) is 0 Å². The van der Waals surface area contributed by atoms with Gasteiger partial charge in [-0.3, -0.25) is 9.69 Å². The van der Waals surface area contributed by atoms with Crippen LogP contribution >= 0.6 is 0 Å². The van der Waals surface area contributed by atoms with Crippen LogP contribution < -0.4 is 9.64 Å². The Morgan fingerprint density at radius 2 is 1.56 bits per heavy atom. The van der Waals surface area contributed by atoms with Crippen molar-refractivity contribution in [2.24, 2.45) is 0 Å². The Morgan fingerprint density at radius 1 is 0.880 bits per heavy atom. The SMILES string of the molecule is COc1ccccc1C[C@H]1C(=O)N(c2ccccc2)c2ccccc21. The van der Waals surface area contributed by atoms with Crippen molar-refractivity contribution >= 4 is 17.3 Å². The Morgan fingerprint density at radius 3 is 2.36 bits per heavy atom. The fourth-order valence-electron chi connectivity index (χ4n) is 3.53. The number of nitrogens with zero attached hydrogens (tertiary/aromatic N) is 1. The highest BCUT2D eigenvalue weighted by molar-refractivity contribution is 6.10. The maximum Gasteiger partial charge on any atom is 0.239 e. The summed E-state index contributed by atoms with van der Waals surface area (Å²) in [6.07, 6.45) is 0.628. The lowest BCUT2D eigenvalue weighted by Crippen LogP contribution is -2.24. The van der Waals surface area contributed by atoms with Crippen molar-refractivity contribution in [1.29, 1.82) is 0 Å². The van der Waals surface area contributed by atoms with E-state index in [9.17, 15) is 4.79 Å². The average molecular weight is 329 g/mol. The zero-order valence-corrected chi connectivity index (χ0v) is 14.1. The van der Waals surface area contributed by atoms with E-state index >= 15 is 0 Å². The van der Waals surface area contributed by atoms with Crippen LogP contribution in [-0.2, 0) is 11.2 Å². The Labute approximate surface area is 147 Å². The summed E-state index contributed by atoms with van der Waals surface area (Å²) >= 11 is 0. The van der Waals surface area contributed by atoms with Gasteiger partial charge in [-0.15, -0.1) is 0 Å². The highest BCUT2D eigenvalue weighted by atomic mass is 16.5. The number of anilines is 2. The van der Waals surface area contributed by atoms with Gasteiger partial charge in [0.15, 0.2) is 0 Å². The largest absolute Gasteiger partial charge is 0.496 e. The summed E-state index contributed by atoms with van der Waals surface area (Å²) in [5.41, 5.74) is 4.00. The first-order chi connectivity index (χ1) is 12.3. The van der Waals surface area contributed by atoms with Crippen molar-refractivity contribution in [3.8, 4) is 5.75 Å². The number of rotatable bonds is 4. The van der Waals surface area contributed by atoms with E-state index in [0.29, 0.717) is 6.42 Å². The van der Waals surface area contributed by atoms with Crippen molar-refractivity contribution in [2.45, 2.75) is 12.3 Å². The molecule has 3 nitrogen and oxygen atoms in total. The molecule has 4 rings (SSSR count). The second-order valence-electron chi connectivity index (χ2n) is 6.14. The van der Waals surface area contributed by atoms with E-state index in [2.05, 4.69) is 6.07 Å². The van der Waals surface area contributed by atoms with Crippen LogP contribution in [0.15, 0.2) is 78.9 Å². The predicted molar refractivity (Wildman–Crippen MR) is 99.5 cm³/mol. The molecule has 3 aromatic rings. The molecule has 124 valence electrons. The molecule has 1 aliphatic rings. The van der Waals surface area contributed by atoms with Gasteiger partial charge in [0, 0.05) is 5.69 Å². The molecule has 1 heterocycles. The number of carbonyl (C=O) groups is 1. The van der Waals surface area contributed by atoms with Gasteiger partial charge in [-0.2, -0.15) is 0 Å². The topological polar surface area (TPSA) is 29.5 Å². The number of fused-ring (bicyclic) bond motifs is 1. The molecule has 0 fully saturated rings. The highest BCUT2D eigenvalue weighted by Gasteiger charge is 2.38. The normalized spacial score (nSPS) is 16.0. The Bertz CT molecular complexity index is 905. The second kappa shape index (κ2) is 6.44. The zero-order valence-electron chi connectivity index (χ0n) is 14.1. The van der Waals surface area contributed by atoms with Gasteiger partial charge < -0.3 is 4.74 Å². The number of para-hydroxylation sites is 3. The lowest BCUT2D eigenvalue weighted by Gasteiger charge is -2.18. The first-order valence-electron chi connectivity index (χ1n) is 8.39. The van der Waals surface area contributed by atoms with Gasteiger partial charge >= 0.3 is 0 Å². The molecule has 25 heavy (non-hydrogen) atoms. The first-order valence-corrected chi connectivity index (χ1v) is 8.39. The Kier molecular flexibility index (Phi) is 3.98. The summed E-state index contributed by atoms with van der Waals surface area (Å²) in [4.78, 5) is 15.1. The molecule has 0 aliphatic carbocycles. The molecule has 0 saturated heterocycles. The molecule has 0 unspecified atom stereocenters. The van der Waals surface area contributed by atoms with Crippen molar-refractivity contribution in [3.63, 3.8) is 0 Å². The fourth-order valence-corrected chi connectivity index (χ4v) is 3.53. The first kappa shape index (κ1) is 15.5.